The fraction of sp³-hybridized carbons (Fsp3) is 0.943. The Bertz CT molecular complexity index is 752. The van der Waals surface area contributed by atoms with Crippen LogP contribution in [0.5, 0.6) is 0 Å². The summed E-state index contributed by atoms with van der Waals surface area (Å²) in [6.07, 6.45) is 18.3. The first-order valence-corrected chi connectivity index (χ1v) is 17.0. The van der Waals surface area contributed by atoms with E-state index < -0.39 is 0 Å². The minimum atomic E-state index is 0.360. The molecule has 4 aliphatic rings. The minimum absolute atomic E-state index is 0.360. The second kappa shape index (κ2) is 16.4. The Labute approximate surface area is 246 Å². The molecule has 0 spiro atoms. The molecule has 0 aromatic carbocycles. The maximum absolute atomic E-state index is 6.31. The van der Waals surface area contributed by atoms with E-state index in [1.807, 2.05) is 0 Å². The van der Waals surface area contributed by atoms with Crippen molar-refractivity contribution in [1.82, 2.24) is 0 Å². The van der Waals surface area contributed by atoms with Crippen LogP contribution < -0.4 is 0 Å². The summed E-state index contributed by atoms with van der Waals surface area (Å²) in [4.78, 5) is 0. The van der Waals surface area contributed by atoms with Crippen LogP contribution in [0.4, 0.5) is 0 Å². The van der Waals surface area contributed by atoms with Crippen LogP contribution in [0.25, 0.3) is 0 Å². The van der Waals surface area contributed by atoms with Crippen molar-refractivity contribution in [2.45, 2.75) is 104 Å². The lowest BCUT2D eigenvalue weighted by Crippen LogP contribution is -2.48. The van der Waals surface area contributed by atoms with Crippen LogP contribution in [0.2, 0.25) is 0 Å². The molecule has 0 saturated heterocycles. The predicted molar refractivity (Wildman–Crippen MR) is 163 cm³/mol. The van der Waals surface area contributed by atoms with Crippen molar-refractivity contribution in [3.05, 3.63) is 11.6 Å². The fourth-order valence-electron chi connectivity index (χ4n) is 9.19. The average Bonchev–Trinajstić information content (AvgIpc) is 3.38. The lowest BCUT2D eigenvalue weighted by Gasteiger charge is -2.55. The number of allylic oxidation sites excluding steroid dienone is 1. The van der Waals surface area contributed by atoms with Gasteiger partial charge < -0.3 is 23.7 Å². The van der Waals surface area contributed by atoms with E-state index in [9.17, 15) is 0 Å². The quantitative estimate of drug-likeness (QED) is 0.126. The van der Waals surface area contributed by atoms with E-state index >= 15 is 0 Å². The van der Waals surface area contributed by atoms with Gasteiger partial charge in [0.15, 0.2) is 0 Å². The van der Waals surface area contributed by atoms with E-state index in [0.717, 1.165) is 47.8 Å². The third kappa shape index (κ3) is 8.56. The molecule has 4 rings (SSSR count). The van der Waals surface area contributed by atoms with Crippen molar-refractivity contribution in [3.63, 3.8) is 0 Å². The molecule has 5 heteroatoms. The smallest absolute Gasteiger partial charge is 0.0704 e. The molecule has 4 aliphatic carbocycles. The summed E-state index contributed by atoms with van der Waals surface area (Å²) < 4.78 is 28.0. The highest BCUT2D eigenvalue weighted by atomic mass is 16.6. The monoisotopic (exact) mass is 562 g/mol. The number of hydrogen-bond donors (Lipinski definition) is 0. The Morgan fingerprint density at radius 2 is 1.45 bits per heavy atom. The predicted octanol–water partition coefficient (Wildman–Crippen LogP) is 7.72. The molecule has 0 N–H and O–H groups in total. The van der Waals surface area contributed by atoms with Gasteiger partial charge in [-0.2, -0.15) is 0 Å². The van der Waals surface area contributed by atoms with Gasteiger partial charge in [-0.15, -0.1) is 0 Å². The van der Waals surface area contributed by atoms with Crippen molar-refractivity contribution in [1.29, 1.82) is 0 Å². The van der Waals surface area contributed by atoms with Gasteiger partial charge in [-0.3, -0.25) is 0 Å². The van der Waals surface area contributed by atoms with Gasteiger partial charge in [0.25, 0.3) is 0 Å². The van der Waals surface area contributed by atoms with E-state index in [4.69, 9.17) is 23.7 Å². The molecular formula is C35H62O5. The van der Waals surface area contributed by atoms with Gasteiger partial charge in [-0.05, 0) is 98.2 Å². The Morgan fingerprint density at radius 1 is 0.775 bits per heavy atom. The number of ether oxygens (including phenoxy) is 5. The topological polar surface area (TPSA) is 46.2 Å². The molecule has 0 bridgehead atoms. The molecule has 0 heterocycles. The van der Waals surface area contributed by atoms with Gasteiger partial charge in [-0.25, -0.2) is 0 Å². The molecule has 3 saturated carbocycles. The van der Waals surface area contributed by atoms with Gasteiger partial charge in [0.1, 0.15) is 0 Å². The van der Waals surface area contributed by atoms with Crippen LogP contribution in [-0.4, -0.2) is 66.1 Å². The van der Waals surface area contributed by atoms with Gasteiger partial charge in [0, 0.05) is 7.11 Å². The van der Waals surface area contributed by atoms with E-state index in [0.29, 0.717) is 64.4 Å². The summed E-state index contributed by atoms with van der Waals surface area (Å²) in [6.45, 7) is 14.9. The minimum Gasteiger partial charge on any atom is -0.382 e. The van der Waals surface area contributed by atoms with Gasteiger partial charge in [-0.1, -0.05) is 58.6 Å². The van der Waals surface area contributed by atoms with E-state index in [1.54, 1.807) is 12.7 Å². The maximum atomic E-state index is 6.31. The summed E-state index contributed by atoms with van der Waals surface area (Å²) in [5.74, 6) is 6.60. The highest BCUT2D eigenvalue weighted by Crippen LogP contribution is 2.63. The normalized spacial score (nSPS) is 34.3. The summed E-state index contributed by atoms with van der Waals surface area (Å²) in [5.41, 5.74) is 2.14. The maximum Gasteiger partial charge on any atom is 0.0704 e. The Kier molecular flexibility index (Phi) is 13.3. The third-order valence-corrected chi connectivity index (χ3v) is 11.4. The first-order chi connectivity index (χ1) is 19.4. The Balaban J connectivity index is 1.15. The van der Waals surface area contributed by atoms with Crippen molar-refractivity contribution >= 4 is 0 Å². The third-order valence-electron chi connectivity index (χ3n) is 11.4. The van der Waals surface area contributed by atoms with E-state index in [2.05, 4.69) is 33.8 Å². The van der Waals surface area contributed by atoms with Crippen LogP contribution in [-0.2, 0) is 23.7 Å². The number of rotatable bonds is 18. The molecule has 3 fully saturated rings. The fourth-order valence-corrected chi connectivity index (χ4v) is 9.19. The Morgan fingerprint density at radius 3 is 2.15 bits per heavy atom. The standard InChI is InChI=1S/C35H62O5/c1-26(2)7-6-8-27(3)30-11-12-32-31(30)13-14-34-33(32)10-9-28-25-29(15-16-35(28,34)4)40-24-23-39-22-21-38-20-19-37-18-17-36-5/h9,26-27,29-34H,6-8,10-25H2,1-5H3/t27?,29?,30-,31?,32?,33?,34?,35+/m1/s1. The molecular weight excluding hydrogens is 500 g/mol. The molecule has 0 aromatic rings. The second-order valence-electron chi connectivity index (χ2n) is 14.2. The van der Waals surface area contributed by atoms with Crippen LogP contribution in [0.15, 0.2) is 11.6 Å². The van der Waals surface area contributed by atoms with Crippen LogP contribution in [0.3, 0.4) is 0 Å². The molecule has 6 unspecified atom stereocenters. The highest BCUT2D eigenvalue weighted by Gasteiger charge is 2.54. The van der Waals surface area contributed by atoms with Gasteiger partial charge >= 0.3 is 0 Å². The Hall–Kier alpha value is -0.460. The average molecular weight is 563 g/mol. The summed E-state index contributed by atoms with van der Waals surface area (Å²) in [5, 5.41) is 0. The lowest BCUT2D eigenvalue weighted by molar-refractivity contribution is -0.0490. The second-order valence-corrected chi connectivity index (χ2v) is 14.2. The molecule has 0 amide bonds. The SMILES string of the molecule is COCCOCCOCCOCCOC1CC[C@@]2(C)C(=CCC3C4CC[C@H](C(C)CCCC(C)C)C4CCC32)C1. The highest BCUT2D eigenvalue weighted by molar-refractivity contribution is 5.24. The van der Waals surface area contributed by atoms with Crippen molar-refractivity contribution in [2.24, 2.45) is 46.8 Å². The summed E-state index contributed by atoms with van der Waals surface area (Å²) >= 11 is 0. The molecule has 0 radical (unpaired) electrons. The van der Waals surface area contributed by atoms with Crippen LogP contribution in [0, 0.1) is 46.8 Å². The van der Waals surface area contributed by atoms with E-state index in [-0.39, 0.29) is 0 Å². The molecule has 0 aliphatic heterocycles. The van der Waals surface area contributed by atoms with Gasteiger partial charge in [0.2, 0.25) is 0 Å². The van der Waals surface area contributed by atoms with Crippen LogP contribution in [0.1, 0.15) is 98.3 Å². The van der Waals surface area contributed by atoms with Crippen molar-refractivity contribution < 1.29 is 23.7 Å². The zero-order valence-corrected chi connectivity index (χ0v) is 26.7. The van der Waals surface area contributed by atoms with Crippen molar-refractivity contribution in [2.75, 3.05) is 60.0 Å². The first-order valence-electron chi connectivity index (χ1n) is 17.0. The molecule has 40 heavy (non-hydrogen) atoms. The molecule has 5 nitrogen and oxygen atoms in total. The lowest BCUT2D eigenvalue weighted by atomic mass is 9.50. The molecule has 0 aromatic heterocycles. The van der Waals surface area contributed by atoms with Crippen molar-refractivity contribution in [3.8, 4) is 0 Å². The first kappa shape index (κ1) is 32.5. The van der Waals surface area contributed by atoms with E-state index in [1.165, 1.54) is 64.2 Å². The molecule has 232 valence electrons. The van der Waals surface area contributed by atoms with Gasteiger partial charge in [0.05, 0.1) is 59.0 Å². The zero-order chi connectivity index (χ0) is 28.4. The number of hydrogen-bond acceptors (Lipinski definition) is 5. The summed E-state index contributed by atoms with van der Waals surface area (Å²) in [6, 6.07) is 0. The zero-order valence-electron chi connectivity index (χ0n) is 26.7. The molecule has 8 atom stereocenters. The van der Waals surface area contributed by atoms with Crippen LogP contribution >= 0.6 is 0 Å². The largest absolute Gasteiger partial charge is 0.382 e. The number of fused-ring (bicyclic) bond motifs is 5. The number of methoxy groups -OCH3 is 1. The summed E-state index contributed by atoms with van der Waals surface area (Å²) in [7, 11) is 1.68.